The molecule has 2 unspecified atom stereocenters. The van der Waals surface area contributed by atoms with E-state index in [0.29, 0.717) is 26.2 Å². The Morgan fingerprint density at radius 3 is 1.82 bits per heavy atom. The van der Waals surface area contributed by atoms with Gasteiger partial charge in [-0.15, -0.1) is 0 Å². The Morgan fingerprint density at radius 1 is 0.673 bits per heavy atom. The Balaban J connectivity index is 1.08. The van der Waals surface area contributed by atoms with Crippen molar-refractivity contribution in [2.75, 3.05) is 19.7 Å². The second-order valence-corrected chi connectivity index (χ2v) is 12.8. The molecule has 0 N–H and O–H groups in total. The minimum atomic E-state index is -1.15. The standard InChI is InChI=1S/C44H41NO4/c46-43(47)45-28-26-41(42(31-45)48-32-34-22-23-35-12-10-11-13-37(35)30-34)36-24-20-33(21-25-36)27-29-49-44(38-14-4-1-5-15-38,39-16-6-2-7-17-39)40-18-8-3-9-19-40/h1-25,30,41-42H,26-29,31-32H2,(H,46,47)/p-1. The number of piperidine rings is 1. The predicted octanol–water partition coefficient (Wildman–Crippen LogP) is 8.11. The second kappa shape index (κ2) is 14.9. The van der Waals surface area contributed by atoms with E-state index in [9.17, 15) is 9.90 Å². The van der Waals surface area contributed by atoms with Crippen molar-refractivity contribution in [1.82, 2.24) is 4.90 Å². The second-order valence-electron chi connectivity index (χ2n) is 12.8. The van der Waals surface area contributed by atoms with E-state index in [-0.39, 0.29) is 18.6 Å². The number of carboxylic acid groups (broad SMARTS) is 1. The van der Waals surface area contributed by atoms with Gasteiger partial charge < -0.3 is 24.3 Å². The fraction of sp³-hybridized carbons (Fsp3) is 0.205. The quantitative estimate of drug-likeness (QED) is 0.134. The summed E-state index contributed by atoms with van der Waals surface area (Å²) in [6.07, 6.45) is -0.0206. The van der Waals surface area contributed by atoms with Crippen molar-refractivity contribution < 1.29 is 19.4 Å². The van der Waals surface area contributed by atoms with Gasteiger partial charge in [-0.2, -0.15) is 0 Å². The summed E-state index contributed by atoms with van der Waals surface area (Å²) in [5.41, 5.74) is 5.88. The van der Waals surface area contributed by atoms with E-state index in [1.807, 2.05) is 30.3 Å². The van der Waals surface area contributed by atoms with Gasteiger partial charge in [0.05, 0.1) is 19.3 Å². The number of fused-ring (bicyclic) bond motifs is 1. The third-order valence-corrected chi connectivity index (χ3v) is 9.75. The van der Waals surface area contributed by atoms with Crippen LogP contribution in [0, 0.1) is 0 Å². The molecule has 6 aromatic carbocycles. The number of likely N-dealkylation sites (tertiary alicyclic amines) is 1. The van der Waals surface area contributed by atoms with Crippen molar-refractivity contribution in [2.45, 2.75) is 37.1 Å². The van der Waals surface area contributed by atoms with Crippen LogP contribution < -0.4 is 5.11 Å². The maximum atomic E-state index is 11.8. The fourth-order valence-corrected chi connectivity index (χ4v) is 7.19. The van der Waals surface area contributed by atoms with Crippen LogP contribution in [0.25, 0.3) is 10.8 Å². The van der Waals surface area contributed by atoms with Gasteiger partial charge in [-0.25, -0.2) is 0 Å². The number of ether oxygens (including phenoxy) is 2. The largest absolute Gasteiger partial charge is 0.530 e. The monoisotopic (exact) mass is 646 g/mol. The average Bonchev–Trinajstić information content (AvgIpc) is 3.17. The molecule has 5 nitrogen and oxygen atoms in total. The van der Waals surface area contributed by atoms with Gasteiger partial charge in [0.15, 0.2) is 0 Å². The lowest BCUT2D eigenvalue weighted by atomic mass is 9.80. The Labute approximate surface area is 288 Å². The first-order valence-electron chi connectivity index (χ1n) is 17.0. The van der Waals surface area contributed by atoms with Gasteiger partial charge in [0, 0.05) is 19.0 Å². The summed E-state index contributed by atoms with van der Waals surface area (Å²) in [4.78, 5) is 13.2. The minimum Gasteiger partial charge on any atom is -0.530 e. The molecule has 5 heteroatoms. The van der Waals surface area contributed by atoms with E-state index >= 15 is 0 Å². The SMILES string of the molecule is O=C([O-])N1CCC(c2ccc(CCOC(c3ccccc3)(c3ccccc3)c3ccccc3)cc2)C(OCc2ccc3ccccc3c2)C1. The summed E-state index contributed by atoms with van der Waals surface area (Å²) < 4.78 is 13.5. The lowest BCUT2D eigenvalue weighted by Crippen LogP contribution is -2.51. The third-order valence-electron chi connectivity index (χ3n) is 9.75. The Morgan fingerprint density at radius 2 is 1.22 bits per heavy atom. The highest BCUT2D eigenvalue weighted by Gasteiger charge is 2.37. The number of carbonyl (C=O) groups excluding carboxylic acids is 1. The molecule has 0 bridgehead atoms. The van der Waals surface area contributed by atoms with Crippen LogP contribution in [0.4, 0.5) is 4.79 Å². The van der Waals surface area contributed by atoms with Crippen LogP contribution in [0.15, 0.2) is 158 Å². The molecule has 1 aliphatic heterocycles. The van der Waals surface area contributed by atoms with Crippen LogP contribution in [-0.4, -0.2) is 36.8 Å². The first-order chi connectivity index (χ1) is 24.1. The topological polar surface area (TPSA) is 61.8 Å². The van der Waals surface area contributed by atoms with E-state index in [1.165, 1.54) is 15.8 Å². The molecule has 1 amide bonds. The molecule has 2 atom stereocenters. The highest BCUT2D eigenvalue weighted by Crippen LogP contribution is 2.40. The van der Waals surface area contributed by atoms with E-state index in [4.69, 9.17) is 9.47 Å². The van der Waals surface area contributed by atoms with E-state index < -0.39 is 11.7 Å². The third kappa shape index (κ3) is 7.14. The fourth-order valence-electron chi connectivity index (χ4n) is 7.19. The van der Waals surface area contributed by atoms with Crippen molar-refractivity contribution in [3.63, 3.8) is 0 Å². The van der Waals surface area contributed by atoms with Crippen LogP contribution in [0.1, 0.15) is 45.7 Å². The van der Waals surface area contributed by atoms with Crippen LogP contribution >= 0.6 is 0 Å². The molecule has 0 saturated carbocycles. The normalized spacial score (nSPS) is 16.4. The van der Waals surface area contributed by atoms with Crippen LogP contribution in [0.2, 0.25) is 0 Å². The van der Waals surface area contributed by atoms with E-state index in [1.54, 1.807) is 0 Å². The van der Waals surface area contributed by atoms with Crippen molar-refractivity contribution in [1.29, 1.82) is 0 Å². The number of nitrogens with zero attached hydrogens (tertiary/aromatic N) is 1. The zero-order valence-corrected chi connectivity index (χ0v) is 27.5. The summed E-state index contributed by atoms with van der Waals surface area (Å²) in [6, 6.07) is 54.6. The summed E-state index contributed by atoms with van der Waals surface area (Å²) in [7, 11) is 0. The van der Waals surface area contributed by atoms with Crippen LogP contribution in [0.3, 0.4) is 0 Å². The average molecular weight is 647 g/mol. The summed E-state index contributed by atoms with van der Waals surface area (Å²) in [6.45, 7) is 1.64. The van der Waals surface area contributed by atoms with Gasteiger partial charge in [-0.05, 0) is 63.1 Å². The molecular formula is C44H40NO4-. The smallest absolute Gasteiger partial charge is 0.143 e. The minimum absolute atomic E-state index is 0.0725. The molecule has 0 aromatic heterocycles. The van der Waals surface area contributed by atoms with Gasteiger partial charge in [0.25, 0.3) is 0 Å². The van der Waals surface area contributed by atoms with Crippen LogP contribution in [-0.2, 0) is 28.1 Å². The number of hydrogen-bond acceptors (Lipinski definition) is 4. The Hall–Kier alpha value is -5.23. The van der Waals surface area contributed by atoms with Gasteiger partial charge >= 0.3 is 0 Å². The molecule has 49 heavy (non-hydrogen) atoms. The number of benzene rings is 6. The first-order valence-corrected chi connectivity index (χ1v) is 17.0. The number of rotatable bonds is 11. The predicted molar refractivity (Wildman–Crippen MR) is 192 cm³/mol. The molecule has 7 rings (SSSR count). The highest BCUT2D eigenvalue weighted by atomic mass is 16.5. The molecule has 1 aliphatic rings. The summed E-state index contributed by atoms with van der Waals surface area (Å²) in [5, 5.41) is 14.1. The number of amides is 1. The molecule has 1 fully saturated rings. The lowest BCUT2D eigenvalue weighted by Gasteiger charge is -2.40. The van der Waals surface area contributed by atoms with Gasteiger partial charge in [-0.3, -0.25) is 0 Å². The molecule has 246 valence electrons. The Bertz CT molecular complexity index is 1870. The van der Waals surface area contributed by atoms with Crippen molar-refractivity contribution in [2.24, 2.45) is 0 Å². The van der Waals surface area contributed by atoms with Crippen molar-refractivity contribution in [3.8, 4) is 0 Å². The first kappa shape index (κ1) is 32.3. The lowest BCUT2D eigenvalue weighted by molar-refractivity contribution is -0.268. The molecule has 1 saturated heterocycles. The molecule has 1 heterocycles. The molecule has 0 spiro atoms. The van der Waals surface area contributed by atoms with E-state index in [2.05, 4.69) is 127 Å². The zero-order chi connectivity index (χ0) is 33.5. The van der Waals surface area contributed by atoms with Crippen molar-refractivity contribution >= 4 is 16.9 Å². The molecule has 0 aliphatic carbocycles. The van der Waals surface area contributed by atoms with Crippen molar-refractivity contribution in [3.05, 3.63) is 191 Å². The summed E-state index contributed by atoms with van der Waals surface area (Å²) >= 11 is 0. The van der Waals surface area contributed by atoms with Gasteiger partial charge in [-0.1, -0.05) is 152 Å². The van der Waals surface area contributed by atoms with Crippen LogP contribution in [0.5, 0.6) is 0 Å². The molecule has 0 radical (unpaired) electrons. The van der Waals surface area contributed by atoms with Gasteiger partial charge in [0.2, 0.25) is 0 Å². The zero-order valence-electron chi connectivity index (χ0n) is 27.5. The summed E-state index contributed by atoms with van der Waals surface area (Å²) in [5.74, 6) is 0.0725. The van der Waals surface area contributed by atoms with Gasteiger partial charge in [0.1, 0.15) is 11.7 Å². The molecular weight excluding hydrogens is 606 g/mol. The maximum Gasteiger partial charge on any atom is 0.143 e. The number of hydrogen-bond donors (Lipinski definition) is 0. The van der Waals surface area contributed by atoms with E-state index in [0.717, 1.165) is 39.6 Å². The highest BCUT2D eigenvalue weighted by molar-refractivity contribution is 5.82. The maximum absolute atomic E-state index is 11.8. The Kier molecular flexibility index (Phi) is 9.83. The number of carbonyl (C=O) groups is 1. The molecule has 6 aromatic rings.